The number of carbonyl (C=O) groups is 2. The number of aliphatic carboxylic acids is 1. The standard InChI is InChI=1S/C16H18N2O3/c1-9(19)18-13(15(20)21)8-11-10-6-4-5-7-12(10)17-14(11)16(18,2)3/h4-7,13,17H,8H2,1-3H3,(H,20,21)/t13-/m1/s1. The number of H-pyrrole nitrogens is 1. The molecule has 5 nitrogen and oxygen atoms in total. The molecule has 0 unspecified atom stereocenters. The molecule has 0 saturated carbocycles. The maximum Gasteiger partial charge on any atom is 0.326 e. The fourth-order valence-corrected chi connectivity index (χ4v) is 3.54. The molecule has 0 spiro atoms. The van der Waals surface area contributed by atoms with Gasteiger partial charge < -0.3 is 15.0 Å². The molecule has 0 saturated heterocycles. The van der Waals surface area contributed by atoms with Crippen molar-refractivity contribution in [3.05, 3.63) is 35.5 Å². The van der Waals surface area contributed by atoms with E-state index >= 15 is 0 Å². The van der Waals surface area contributed by atoms with Gasteiger partial charge in [0.05, 0.1) is 5.54 Å². The van der Waals surface area contributed by atoms with Crippen LogP contribution >= 0.6 is 0 Å². The van der Waals surface area contributed by atoms with Crippen LogP contribution < -0.4 is 0 Å². The first-order valence-electron chi connectivity index (χ1n) is 6.97. The minimum Gasteiger partial charge on any atom is -0.480 e. The van der Waals surface area contributed by atoms with E-state index in [0.29, 0.717) is 6.42 Å². The fraction of sp³-hybridized carbons (Fsp3) is 0.375. The van der Waals surface area contributed by atoms with E-state index in [0.717, 1.165) is 22.2 Å². The third-order valence-electron chi connectivity index (χ3n) is 4.36. The predicted octanol–water partition coefficient (Wildman–Crippen LogP) is 2.26. The maximum atomic E-state index is 12.0. The van der Waals surface area contributed by atoms with E-state index in [1.807, 2.05) is 38.1 Å². The Morgan fingerprint density at radius 3 is 2.62 bits per heavy atom. The molecule has 110 valence electrons. The molecule has 0 radical (unpaired) electrons. The van der Waals surface area contributed by atoms with Gasteiger partial charge >= 0.3 is 5.97 Å². The average Bonchev–Trinajstić information content (AvgIpc) is 2.77. The summed E-state index contributed by atoms with van der Waals surface area (Å²) in [6, 6.07) is 7.01. The van der Waals surface area contributed by atoms with Crippen molar-refractivity contribution >= 4 is 22.8 Å². The number of carboxylic acids is 1. The third kappa shape index (κ3) is 1.84. The van der Waals surface area contributed by atoms with Gasteiger partial charge in [-0.25, -0.2) is 4.79 Å². The van der Waals surface area contributed by atoms with Crippen molar-refractivity contribution in [1.29, 1.82) is 0 Å². The van der Waals surface area contributed by atoms with Gasteiger partial charge in [0.1, 0.15) is 6.04 Å². The molecule has 0 aliphatic carbocycles. The summed E-state index contributed by atoms with van der Waals surface area (Å²) >= 11 is 0. The van der Waals surface area contributed by atoms with Crippen LogP contribution in [0, 0.1) is 0 Å². The Balaban J connectivity index is 2.28. The number of hydrogen-bond donors (Lipinski definition) is 2. The van der Waals surface area contributed by atoms with Crippen LogP contribution in [0.4, 0.5) is 0 Å². The number of hydrogen-bond acceptors (Lipinski definition) is 2. The molecule has 21 heavy (non-hydrogen) atoms. The summed E-state index contributed by atoms with van der Waals surface area (Å²) in [7, 11) is 0. The van der Waals surface area contributed by atoms with Crippen molar-refractivity contribution < 1.29 is 14.7 Å². The first-order valence-corrected chi connectivity index (χ1v) is 6.97. The number of fused-ring (bicyclic) bond motifs is 3. The number of rotatable bonds is 1. The van der Waals surface area contributed by atoms with Crippen LogP contribution in [0.3, 0.4) is 0 Å². The molecule has 0 bridgehead atoms. The lowest BCUT2D eigenvalue weighted by Gasteiger charge is -2.45. The highest BCUT2D eigenvalue weighted by Crippen LogP contribution is 2.40. The van der Waals surface area contributed by atoms with Crippen LogP contribution in [0.15, 0.2) is 24.3 Å². The Morgan fingerprint density at radius 1 is 1.33 bits per heavy atom. The molecule has 2 N–H and O–H groups in total. The lowest BCUT2D eigenvalue weighted by atomic mass is 9.84. The van der Waals surface area contributed by atoms with Gasteiger partial charge in [-0.05, 0) is 25.5 Å². The summed E-state index contributed by atoms with van der Waals surface area (Å²) in [5, 5.41) is 10.6. The molecule has 5 heteroatoms. The quantitative estimate of drug-likeness (QED) is 0.844. The molecule has 3 rings (SSSR count). The molecule has 2 heterocycles. The van der Waals surface area contributed by atoms with Crippen LogP contribution in [-0.2, 0) is 21.5 Å². The van der Waals surface area contributed by atoms with E-state index in [4.69, 9.17) is 0 Å². The molecule has 1 aliphatic heterocycles. The normalized spacial score (nSPS) is 20.3. The van der Waals surface area contributed by atoms with Gasteiger partial charge in [0.2, 0.25) is 5.91 Å². The van der Waals surface area contributed by atoms with Crippen molar-refractivity contribution in [3.63, 3.8) is 0 Å². The number of carboxylic acid groups (broad SMARTS) is 1. The molecule has 1 atom stereocenters. The Hall–Kier alpha value is -2.30. The SMILES string of the molecule is CC(=O)N1[C@@H](C(=O)O)Cc2c([nH]c3ccccc23)C1(C)C. The van der Waals surface area contributed by atoms with Crippen LogP contribution in [-0.4, -0.2) is 32.9 Å². The topological polar surface area (TPSA) is 73.4 Å². The first kappa shape index (κ1) is 13.7. The number of benzene rings is 1. The smallest absolute Gasteiger partial charge is 0.326 e. The van der Waals surface area contributed by atoms with E-state index in [1.165, 1.54) is 11.8 Å². The summed E-state index contributed by atoms with van der Waals surface area (Å²) in [6.07, 6.45) is 0.331. The van der Waals surface area contributed by atoms with Gasteiger partial charge in [-0.15, -0.1) is 0 Å². The maximum absolute atomic E-state index is 12.0. The molecule has 1 aromatic heterocycles. The van der Waals surface area contributed by atoms with Gasteiger partial charge in [-0.3, -0.25) is 4.79 Å². The zero-order chi connectivity index (χ0) is 15.4. The fourth-order valence-electron chi connectivity index (χ4n) is 3.54. The molecular formula is C16H18N2O3. The number of nitrogens with one attached hydrogen (secondary N) is 1. The van der Waals surface area contributed by atoms with Crippen LogP contribution in [0.5, 0.6) is 0 Å². The summed E-state index contributed by atoms with van der Waals surface area (Å²) in [6.45, 7) is 5.20. The molecule has 0 fully saturated rings. The largest absolute Gasteiger partial charge is 0.480 e. The third-order valence-corrected chi connectivity index (χ3v) is 4.36. The Kier molecular flexibility index (Phi) is 2.83. The predicted molar refractivity (Wildman–Crippen MR) is 79.0 cm³/mol. The Labute approximate surface area is 122 Å². The molecule has 1 amide bonds. The second-order valence-electron chi connectivity index (χ2n) is 6.03. The zero-order valence-electron chi connectivity index (χ0n) is 12.3. The van der Waals surface area contributed by atoms with Gasteiger partial charge in [0.15, 0.2) is 0 Å². The Morgan fingerprint density at radius 2 is 2.00 bits per heavy atom. The Bertz CT molecular complexity index is 745. The summed E-state index contributed by atoms with van der Waals surface area (Å²) < 4.78 is 0. The number of nitrogens with zero attached hydrogens (tertiary/aromatic N) is 1. The molecule has 2 aromatic rings. The van der Waals surface area contributed by atoms with Gasteiger partial charge in [0.25, 0.3) is 0 Å². The van der Waals surface area contributed by atoms with E-state index in [2.05, 4.69) is 4.98 Å². The number of aromatic amines is 1. The van der Waals surface area contributed by atoms with E-state index in [9.17, 15) is 14.7 Å². The van der Waals surface area contributed by atoms with E-state index in [-0.39, 0.29) is 5.91 Å². The first-order chi connectivity index (χ1) is 9.84. The molecule has 1 aliphatic rings. The van der Waals surface area contributed by atoms with Crippen LogP contribution in [0.25, 0.3) is 10.9 Å². The highest BCUT2D eigenvalue weighted by atomic mass is 16.4. The van der Waals surface area contributed by atoms with Gasteiger partial charge in [-0.1, -0.05) is 18.2 Å². The van der Waals surface area contributed by atoms with Crippen LogP contribution in [0.1, 0.15) is 32.0 Å². The summed E-state index contributed by atoms with van der Waals surface area (Å²) in [4.78, 5) is 28.5. The van der Waals surface area contributed by atoms with E-state index < -0.39 is 17.6 Å². The van der Waals surface area contributed by atoms with Crippen molar-refractivity contribution in [3.8, 4) is 0 Å². The van der Waals surface area contributed by atoms with Gasteiger partial charge in [0, 0.05) is 29.9 Å². The minimum absolute atomic E-state index is 0.225. The molecular weight excluding hydrogens is 268 g/mol. The number of aromatic nitrogens is 1. The van der Waals surface area contributed by atoms with Crippen LogP contribution in [0.2, 0.25) is 0 Å². The second-order valence-corrected chi connectivity index (χ2v) is 6.03. The molecule has 1 aromatic carbocycles. The number of carbonyl (C=O) groups excluding carboxylic acids is 1. The second kappa shape index (κ2) is 4.35. The van der Waals surface area contributed by atoms with Crippen molar-refractivity contribution in [2.75, 3.05) is 0 Å². The summed E-state index contributed by atoms with van der Waals surface area (Å²) in [5.41, 5.74) is 2.23. The lowest BCUT2D eigenvalue weighted by molar-refractivity contribution is -0.156. The van der Waals surface area contributed by atoms with Gasteiger partial charge in [-0.2, -0.15) is 0 Å². The van der Waals surface area contributed by atoms with Crippen molar-refractivity contribution in [2.45, 2.75) is 38.8 Å². The minimum atomic E-state index is -0.964. The van der Waals surface area contributed by atoms with Crippen molar-refractivity contribution in [2.24, 2.45) is 0 Å². The average molecular weight is 286 g/mol. The summed E-state index contributed by atoms with van der Waals surface area (Å²) in [5.74, 6) is -1.19. The number of amides is 1. The van der Waals surface area contributed by atoms with Crippen molar-refractivity contribution in [1.82, 2.24) is 9.88 Å². The lowest BCUT2D eigenvalue weighted by Crippen LogP contribution is -2.57. The highest BCUT2D eigenvalue weighted by Gasteiger charge is 2.46. The number of para-hydroxylation sites is 1. The highest BCUT2D eigenvalue weighted by molar-refractivity contribution is 5.89. The van der Waals surface area contributed by atoms with E-state index in [1.54, 1.807) is 0 Å². The monoisotopic (exact) mass is 286 g/mol. The zero-order valence-corrected chi connectivity index (χ0v) is 12.3.